The standard InChI is InChI=1S/C21H29N5OS/c1-7-26-17(13-16(4)23-26)20(27)25(10-8-9-24(5)6)21-22-19-15(3)11-14(2)12-18(19)28-21/h11-13H,7-10H2,1-6H3. The average Bonchev–Trinajstić information content (AvgIpc) is 3.21. The van der Waals surface area contributed by atoms with Gasteiger partial charge in [0.15, 0.2) is 5.13 Å². The highest BCUT2D eigenvalue weighted by Crippen LogP contribution is 2.32. The summed E-state index contributed by atoms with van der Waals surface area (Å²) in [4.78, 5) is 22.3. The van der Waals surface area contributed by atoms with Crippen LogP contribution in [0.2, 0.25) is 0 Å². The SMILES string of the molecule is CCn1nc(C)cc1C(=O)N(CCCN(C)C)c1nc2c(C)cc(C)cc2s1. The summed E-state index contributed by atoms with van der Waals surface area (Å²) in [6.45, 7) is 10.3. The largest absolute Gasteiger partial charge is 0.309 e. The number of aryl methyl sites for hydroxylation is 4. The molecule has 1 amide bonds. The van der Waals surface area contributed by atoms with Crippen molar-refractivity contribution in [1.82, 2.24) is 19.7 Å². The molecule has 2 heterocycles. The lowest BCUT2D eigenvalue weighted by molar-refractivity contribution is 0.0975. The predicted octanol–water partition coefficient (Wildman–Crippen LogP) is 4.04. The Morgan fingerprint density at radius 2 is 1.89 bits per heavy atom. The number of hydrogen-bond acceptors (Lipinski definition) is 5. The molecule has 3 aromatic rings. The van der Waals surface area contributed by atoms with Crippen molar-refractivity contribution in [3.8, 4) is 0 Å². The van der Waals surface area contributed by atoms with Crippen molar-refractivity contribution in [2.24, 2.45) is 0 Å². The number of carbonyl (C=O) groups excluding carboxylic acids is 1. The van der Waals surface area contributed by atoms with Gasteiger partial charge in [-0.15, -0.1) is 0 Å². The van der Waals surface area contributed by atoms with Gasteiger partial charge in [0.2, 0.25) is 0 Å². The van der Waals surface area contributed by atoms with Crippen molar-refractivity contribution in [2.45, 2.75) is 40.7 Å². The van der Waals surface area contributed by atoms with Crippen LogP contribution in [0.5, 0.6) is 0 Å². The molecule has 0 atom stereocenters. The van der Waals surface area contributed by atoms with Crippen molar-refractivity contribution in [3.05, 3.63) is 40.7 Å². The van der Waals surface area contributed by atoms with E-state index in [9.17, 15) is 4.79 Å². The molecule has 0 aliphatic heterocycles. The molecule has 0 fully saturated rings. The van der Waals surface area contributed by atoms with Crippen molar-refractivity contribution in [1.29, 1.82) is 0 Å². The fourth-order valence-electron chi connectivity index (χ4n) is 3.40. The van der Waals surface area contributed by atoms with E-state index in [0.29, 0.717) is 18.8 Å². The fourth-order valence-corrected chi connectivity index (χ4v) is 4.57. The Bertz CT molecular complexity index is 988. The minimum Gasteiger partial charge on any atom is -0.309 e. The first-order chi connectivity index (χ1) is 13.3. The van der Waals surface area contributed by atoms with Gasteiger partial charge in [-0.3, -0.25) is 14.4 Å². The molecule has 0 unspecified atom stereocenters. The normalized spacial score (nSPS) is 11.5. The van der Waals surface area contributed by atoms with E-state index in [1.54, 1.807) is 16.0 Å². The van der Waals surface area contributed by atoms with Crippen LogP contribution >= 0.6 is 11.3 Å². The Labute approximate surface area is 170 Å². The van der Waals surface area contributed by atoms with Crippen LogP contribution in [0.4, 0.5) is 5.13 Å². The van der Waals surface area contributed by atoms with E-state index in [2.05, 4.69) is 36.0 Å². The number of benzene rings is 1. The summed E-state index contributed by atoms with van der Waals surface area (Å²) in [6.07, 6.45) is 0.881. The molecule has 0 aliphatic carbocycles. The van der Waals surface area contributed by atoms with E-state index >= 15 is 0 Å². The number of nitrogens with zero attached hydrogens (tertiary/aromatic N) is 5. The molecule has 3 rings (SSSR count). The Hall–Kier alpha value is -2.25. The molecule has 7 heteroatoms. The molecular weight excluding hydrogens is 370 g/mol. The lowest BCUT2D eigenvalue weighted by Gasteiger charge is -2.21. The van der Waals surface area contributed by atoms with Gasteiger partial charge in [-0.25, -0.2) is 4.98 Å². The van der Waals surface area contributed by atoms with Crippen LogP contribution in [0.25, 0.3) is 10.2 Å². The van der Waals surface area contributed by atoms with E-state index in [4.69, 9.17) is 4.98 Å². The first-order valence-corrected chi connectivity index (χ1v) is 10.5. The van der Waals surface area contributed by atoms with E-state index in [1.165, 1.54) is 5.56 Å². The van der Waals surface area contributed by atoms with E-state index in [1.807, 2.05) is 38.9 Å². The van der Waals surface area contributed by atoms with Gasteiger partial charge in [-0.1, -0.05) is 17.4 Å². The molecule has 28 heavy (non-hydrogen) atoms. The van der Waals surface area contributed by atoms with E-state index < -0.39 is 0 Å². The Kier molecular flexibility index (Phi) is 6.15. The van der Waals surface area contributed by atoms with Crippen LogP contribution in [0.1, 0.15) is 40.7 Å². The van der Waals surface area contributed by atoms with Gasteiger partial charge in [-0.05, 0) is 78.0 Å². The fraction of sp³-hybridized carbons (Fsp3) is 0.476. The van der Waals surface area contributed by atoms with Crippen LogP contribution in [0.15, 0.2) is 18.2 Å². The van der Waals surface area contributed by atoms with Crippen molar-refractivity contribution >= 4 is 32.6 Å². The summed E-state index contributed by atoms with van der Waals surface area (Å²) < 4.78 is 2.90. The molecule has 0 saturated heterocycles. The number of hydrogen-bond donors (Lipinski definition) is 0. The molecule has 0 N–H and O–H groups in total. The first-order valence-electron chi connectivity index (χ1n) is 9.69. The number of amides is 1. The maximum Gasteiger partial charge on any atom is 0.278 e. The van der Waals surface area contributed by atoms with Gasteiger partial charge in [0.1, 0.15) is 5.69 Å². The second-order valence-electron chi connectivity index (χ2n) is 7.53. The van der Waals surface area contributed by atoms with Crippen molar-refractivity contribution < 1.29 is 4.79 Å². The zero-order chi connectivity index (χ0) is 20.4. The van der Waals surface area contributed by atoms with Crippen molar-refractivity contribution in [3.63, 3.8) is 0 Å². The molecule has 0 saturated carbocycles. The quantitative estimate of drug-likeness (QED) is 0.602. The molecule has 0 radical (unpaired) electrons. The van der Waals surface area contributed by atoms with Gasteiger partial charge < -0.3 is 4.90 Å². The second-order valence-corrected chi connectivity index (χ2v) is 8.53. The molecule has 150 valence electrons. The second kappa shape index (κ2) is 8.41. The minimum atomic E-state index is -0.0327. The van der Waals surface area contributed by atoms with Crippen LogP contribution in [0, 0.1) is 20.8 Å². The van der Waals surface area contributed by atoms with Crippen LogP contribution in [0.3, 0.4) is 0 Å². The number of carbonyl (C=O) groups is 1. The van der Waals surface area contributed by atoms with E-state index in [0.717, 1.165) is 39.6 Å². The Morgan fingerprint density at radius 1 is 1.14 bits per heavy atom. The van der Waals surface area contributed by atoms with Crippen LogP contribution in [-0.4, -0.2) is 52.8 Å². The highest BCUT2D eigenvalue weighted by molar-refractivity contribution is 7.22. The molecule has 0 aliphatic rings. The maximum atomic E-state index is 13.5. The Morgan fingerprint density at radius 3 is 2.57 bits per heavy atom. The summed E-state index contributed by atoms with van der Waals surface area (Å²) in [6, 6.07) is 6.15. The molecule has 6 nitrogen and oxygen atoms in total. The summed E-state index contributed by atoms with van der Waals surface area (Å²) in [5, 5.41) is 5.21. The van der Waals surface area contributed by atoms with Crippen LogP contribution in [-0.2, 0) is 6.54 Å². The third-order valence-corrected chi connectivity index (χ3v) is 5.73. The molecule has 2 aromatic heterocycles. The average molecular weight is 400 g/mol. The predicted molar refractivity (Wildman–Crippen MR) is 117 cm³/mol. The van der Waals surface area contributed by atoms with Crippen molar-refractivity contribution in [2.75, 3.05) is 32.1 Å². The third kappa shape index (κ3) is 4.25. The zero-order valence-corrected chi connectivity index (χ0v) is 18.4. The van der Waals surface area contributed by atoms with Gasteiger partial charge >= 0.3 is 0 Å². The van der Waals surface area contributed by atoms with Gasteiger partial charge in [-0.2, -0.15) is 5.10 Å². The summed E-state index contributed by atoms with van der Waals surface area (Å²) in [7, 11) is 4.09. The number of thiazole rings is 1. The zero-order valence-electron chi connectivity index (χ0n) is 17.6. The number of aromatic nitrogens is 3. The minimum absolute atomic E-state index is 0.0327. The van der Waals surface area contributed by atoms with Gasteiger partial charge in [0, 0.05) is 13.1 Å². The summed E-state index contributed by atoms with van der Waals surface area (Å²) >= 11 is 1.59. The lowest BCUT2D eigenvalue weighted by Crippen LogP contribution is -2.34. The summed E-state index contributed by atoms with van der Waals surface area (Å²) in [5.41, 5.74) is 4.82. The maximum absolute atomic E-state index is 13.5. The molecule has 0 bridgehead atoms. The van der Waals surface area contributed by atoms with Crippen LogP contribution < -0.4 is 4.90 Å². The Balaban J connectivity index is 2.01. The molecule has 1 aromatic carbocycles. The topological polar surface area (TPSA) is 54.3 Å². The van der Waals surface area contributed by atoms with Gasteiger partial charge in [0.25, 0.3) is 5.91 Å². The number of fused-ring (bicyclic) bond motifs is 1. The summed E-state index contributed by atoms with van der Waals surface area (Å²) in [5.74, 6) is -0.0327. The number of rotatable bonds is 7. The highest BCUT2D eigenvalue weighted by atomic mass is 32.1. The highest BCUT2D eigenvalue weighted by Gasteiger charge is 2.24. The molecule has 0 spiro atoms. The lowest BCUT2D eigenvalue weighted by atomic mass is 10.1. The molecular formula is C21H29N5OS. The monoisotopic (exact) mass is 399 g/mol. The smallest absolute Gasteiger partial charge is 0.278 e. The van der Waals surface area contributed by atoms with Gasteiger partial charge in [0.05, 0.1) is 15.9 Å². The first kappa shape index (κ1) is 20.5. The van der Waals surface area contributed by atoms with E-state index in [-0.39, 0.29) is 5.91 Å². The number of anilines is 1. The third-order valence-electron chi connectivity index (χ3n) is 4.70.